The Kier molecular flexibility index (Phi) is 5.48. The highest BCUT2D eigenvalue weighted by atomic mass is 16.5. The molecule has 0 aromatic heterocycles. The summed E-state index contributed by atoms with van der Waals surface area (Å²) in [7, 11) is 1.78. The first kappa shape index (κ1) is 20.9. The van der Waals surface area contributed by atoms with Crippen LogP contribution in [0.1, 0.15) is 48.3 Å². The summed E-state index contributed by atoms with van der Waals surface area (Å²) in [5, 5.41) is 8.37. The normalized spacial score (nSPS) is 30.0. The highest BCUT2D eigenvalue weighted by molar-refractivity contribution is 5.39. The minimum absolute atomic E-state index is 0.0892. The number of nitrogens with one attached hydrogen (secondary N) is 2. The third-order valence-corrected chi connectivity index (χ3v) is 8.71. The zero-order valence-electron chi connectivity index (χ0n) is 19.4. The summed E-state index contributed by atoms with van der Waals surface area (Å²) in [6.45, 7) is 0.843. The molecule has 2 aliphatic carbocycles. The maximum atomic E-state index is 5.69. The van der Waals surface area contributed by atoms with Gasteiger partial charge in [0.2, 0.25) is 0 Å². The van der Waals surface area contributed by atoms with Crippen molar-refractivity contribution in [2.24, 2.45) is 11.8 Å². The Balaban J connectivity index is 1.43. The molecule has 2 saturated carbocycles. The van der Waals surface area contributed by atoms with Gasteiger partial charge in [-0.1, -0.05) is 78.9 Å². The largest absolute Gasteiger partial charge is 0.496 e. The fourth-order valence-corrected chi connectivity index (χ4v) is 7.42. The highest BCUT2D eigenvalue weighted by Gasteiger charge is 2.63. The van der Waals surface area contributed by atoms with Gasteiger partial charge in [-0.05, 0) is 54.7 Å². The molecule has 3 aromatic carbocycles. The van der Waals surface area contributed by atoms with Crippen molar-refractivity contribution in [1.29, 1.82) is 0 Å². The Hall–Kier alpha value is -2.62. The van der Waals surface area contributed by atoms with Crippen LogP contribution in [0.25, 0.3) is 0 Å². The lowest BCUT2D eigenvalue weighted by molar-refractivity contribution is -0.00100. The number of fused-ring (bicyclic) bond motifs is 1. The number of para-hydroxylation sites is 1. The molecule has 170 valence electrons. The number of ether oxygens (including phenoxy) is 1. The Morgan fingerprint density at radius 2 is 1.42 bits per heavy atom. The predicted octanol–water partition coefficient (Wildman–Crippen LogP) is 5.52. The minimum Gasteiger partial charge on any atom is -0.496 e. The second-order valence-corrected chi connectivity index (χ2v) is 10.2. The van der Waals surface area contributed by atoms with E-state index >= 15 is 0 Å². The summed E-state index contributed by atoms with van der Waals surface area (Å²) in [4.78, 5) is 0. The number of piperidine rings is 2. The summed E-state index contributed by atoms with van der Waals surface area (Å²) in [6.07, 6.45) is 5.27. The number of methoxy groups -OCH3 is 1. The number of rotatable bonds is 7. The lowest BCUT2D eigenvalue weighted by Crippen LogP contribution is -2.75. The quantitative estimate of drug-likeness (QED) is 0.510. The molecule has 4 bridgehead atoms. The Morgan fingerprint density at radius 1 is 0.848 bits per heavy atom. The van der Waals surface area contributed by atoms with Crippen LogP contribution in [-0.4, -0.2) is 24.7 Å². The van der Waals surface area contributed by atoms with Gasteiger partial charge in [-0.15, -0.1) is 0 Å². The summed E-state index contributed by atoms with van der Waals surface area (Å²) in [5.41, 5.74) is 4.15. The Morgan fingerprint density at radius 3 is 2.03 bits per heavy atom. The van der Waals surface area contributed by atoms with Gasteiger partial charge in [0.1, 0.15) is 5.75 Å². The van der Waals surface area contributed by atoms with E-state index in [-0.39, 0.29) is 5.54 Å². The Bertz CT molecular complexity index is 1030. The first-order chi connectivity index (χ1) is 16.3. The third kappa shape index (κ3) is 3.50. The fraction of sp³-hybridized carbons (Fsp3) is 0.400. The number of hydrogen-bond donors (Lipinski definition) is 2. The lowest BCUT2D eigenvalue weighted by Gasteiger charge is -2.60. The standard InChI is InChI=1S/C30H34N2O/c1-33-27-15-9-8-14-23(27)20-31-30-24-16-17-25(30)19-26(18-24)32-29(30)28(21-10-4-2-5-11-21)22-12-6-3-7-13-22/h2-15,24-26,28-29,31-32H,16-20H2,1H3. The molecule has 3 unspecified atom stereocenters. The fourth-order valence-electron chi connectivity index (χ4n) is 7.42. The molecule has 3 aromatic rings. The summed E-state index contributed by atoms with van der Waals surface area (Å²) in [5.74, 6) is 2.74. The van der Waals surface area contributed by atoms with Gasteiger partial charge in [-0.25, -0.2) is 0 Å². The van der Waals surface area contributed by atoms with Gasteiger partial charge in [0.25, 0.3) is 0 Å². The van der Waals surface area contributed by atoms with Gasteiger partial charge in [-0.2, -0.15) is 0 Å². The van der Waals surface area contributed by atoms with Crippen LogP contribution in [0, 0.1) is 11.8 Å². The van der Waals surface area contributed by atoms with E-state index in [0.29, 0.717) is 18.0 Å². The van der Waals surface area contributed by atoms with E-state index in [4.69, 9.17) is 4.74 Å². The molecule has 2 heterocycles. The van der Waals surface area contributed by atoms with Gasteiger partial charge in [-0.3, -0.25) is 0 Å². The zero-order chi connectivity index (χ0) is 22.3. The second kappa shape index (κ2) is 8.62. The number of benzene rings is 3. The molecule has 2 aliphatic heterocycles. The van der Waals surface area contributed by atoms with E-state index in [1.165, 1.54) is 42.4 Å². The van der Waals surface area contributed by atoms with Crippen LogP contribution in [0.2, 0.25) is 0 Å². The van der Waals surface area contributed by atoms with Gasteiger partial charge >= 0.3 is 0 Å². The summed E-state index contributed by atoms with van der Waals surface area (Å²) >= 11 is 0. The molecule has 2 saturated heterocycles. The molecule has 7 rings (SSSR count). The molecular formula is C30H34N2O. The van der Waals surface area contributed by atoms with E-state index < -0.39 is 0 Å². The van der Waals surface area contributed by atoms with Gasteiger partial charge in [0.05, 0.1) is 7.11 Å². The van der Waals surface area contributed by atoms with Crippen LogP contribution in [-0.2, 0) is 6.54 Å². The van der Waals surface area contributed by atoms with Crippen LogP contribution < -0.4 is 15.4 Å². The van der Waals surface area contributed by atoms with E-state index in [1.807, 2.05) is 0 Å². The first-order valence-electron chi connectivity index (χ1n) is 12.5. The molecule has 0 radical (unpaired) electrons. The third-order valence-electron chi connectivity index (χ3n) is 8.71. The zero-order valence-corrected chi connectivity index (χ0v) is 19.4. The van der Waals surface area contributed by atoms with E-state index in [0.717, 1.165) is 24.1 Å². The monoisotopic (exact) mass is 438 g/mol. The topological polar surface area (TPSA) is 33.3 Å². The van der Waals surface area contributed by atoms with Gasteiger partial charge in [0, 0.05) is 35.6 Å². The van der Waals surface area contributed by atoms with E-state index in [1.54, 1.807) is 7.11 Å². The maximum Gasteiger partial charge on any atom is 0.123 e. The van der Waals surface area contributed by atoms with Crippen molar-refractivity contribution in [2.45, 2.75) is 55.8 Å². The van der Waals surface area contributed by atoms with Crippen molar-refractivity contribution in [2.75, 3.05) is 7.11 Å². The molecule has 4 fully saturated rings. The van der Waals surface area contributed by atoms with Crippen molar-refractivity contribution < 1.29 is 4.74 Å². The van der Waals surface area contributed by atoms with Crippen LogP contribution in [0.15, 0.2) is 84.9 Å². The van der Waals surface area contributed by atoms with E-state index in [2.05, 4.69) is 95.6 Å². The van der Waals surface area contributed by atoms with Gasteiger partial charge < -0.3 is 15.4 Å². The van der Waals surface area contributed by atoms with Crippen LogP contribution >= 0.6 is 0 Å². The SMILES string of the molecule is COc1ccccc1CNC12C3CCC1CC(C3)NC2C(c1ccccc1)c1ccccc1. The highest BCUT2D eigenvalue weighted by Crippen LogP contribution is 2.57. The van der Waals surface area contributed by atoms with Crippen LogP contribution in [0.3, 0.4) is 0 Å². The average molecular weight is 439 g/mol. The van der Waals surface area contributed by atoms with E-state index in [9.17, 15) is 0 Å². The summed E-state index contributed by atoms with van der Waals surface area (Å²) in [6, 6.07) is 31.7. The maximum absolute atomic E-state index is 5.69. The van der Waals surface area contributed by atoms with Gasteiger partial charge in [0.15, 0.2) is 0 Å². The number of hydrogen-bond acceptors (Lipinski definition) is 3. The molecule has 3 atom stereocenters. The molecule has 3 nitrogen and oxygen atoms in total. The molecule has 0 amide bonds. The first-order valence-corrected chi connectivity index (χ1v) is 12.5. The van der Waals surface area contributed by atoms with Crippen molar-refractivity contribution in [3.8, 4) is 5.75 Å². The van der Waals surface area contributed by atoms with Crippen LogP contribution in [0.4, 0.5) is 0 Å². The smallest absolute Gasteiger partial charge is 0.123 e. The summed E-state index contributed by atoms with van der Waals surface area (Å²) < 4.78 is 5.69. The molecule has 33 heavy (non-hydrogen) atoms. The second-order valence-electron chi connectivity index (χ2n) is 10.2. The van der Waals surface area contributed by atoms with Crippen molar-refractivity contribution in [3.05, 3.63) is 102 Å². The Labute approximate surface area is 197 Å². The molecule has 2 N–H and O–H groups in total. The van der Waals surface area contributed by atoms with Crippen molar-refractivity contribution in [1.82, 2.24) is 10.6 Å². The van der Waals surface area contributed by atoms with Crippen molar-refractivity contribution in [3.63, 3.8) is 0 Å². The molecular weight excluding hydrogens is 404 g/mol. The average Bonchev–Trinajstić information content (AvgIpc) is 3.11. The van der Waals surface area contributed by atoms with Crippen LogP contribution in [0.5, 0.6) is 5.75 Å². The minimum atomic E-state index is 0.0892. The van der Waals surface area contributed by atoms with Crippen molar-refractivity contribution >= 4 is 0 Å². The molecule has 4 aliphatic rings. The molecule has 3 heteroatoms. The predicted molar refractivity (Wildman–Crippen MR) is 133 cm³/mol. The molecule has 0 spiro atoms. The lowest BCUT2D eigenvalue weighted by atomic mass is 9.58.